The molecule has 15 heavy (non-hydrogen) atoms. The van der Waals surface area contributed by atoms with E-state index in [9.17, 15) is 4.79 Å². The van der Waals surface area contributed by atoms with E-state index in [-0.39, 0.29) is 18.6 Å². The number of amides is 1. The van der Waals surface area contributed by atoms with E-state index in [1.165, 1.54) is 6.42 Å². The lowest BCUT2D eigenvalue weighted by molar-refractivity contribution is -0.127. The van der Waals surface area contributed by atoms with E-state index < -0.39 is 0 Å². The molecule has 1 rings (SSSR count). The van der Waals surface area contributed by atoms with Gasteiger partial charge >= 0.3 is 0 Å². The molecule has 1 aliphatic rings. The molecular formula is C12H23NO2. The maximum absolute atomic E-state index is 11.5. The Kier molecular flexibility index (Phi) is 4.14. The predicted molar refractivity (Wildman–Crippen MR) is 60.7 cm³/mol. The summed E-state index contributed by atoms with van der Waals surface area (Å²) in [5.74, 6) is 0.0198. The maximum atomic E-state index is 11.5. The van der Waals surface area contributed by atoms with Crippen molar-refractivity contribution in [3.05, 3.63) is 0 Å². The van der Waals surface area contributed by atoms with Crippen LogP contribution in [0.2, 0.25) is 0 Å². The number of hydrogen-bond donors (Lipinski definition) is 1. The molecule has 1 amide bonds. The third-order valence-electron chi connectivity index (χ3n) is 2.88. The molecule has 1 unspecified atom stereocenters. The van der Waals surface area contributed by atoms with Crippen molar-refractivity contribution in [2.24, 2.45) is 5.41 Å². The molecule has 1 N–H and O–H groups in total. The van der Waals surface area contributed by atoms with Crippen molar-refractivity contribution < 1.29 is 9.53 Å². The molecular weight excluding hydrogens is 190 g/mol. The highest BCUT2D eigenvalue weighted by Gasteiger charge is 2.31. The lowest BCUT2D eigenvalue weighted by atomic mass is 9.92. The minimum absolute atomic E-state index is 0.0198. The molecule has 0 aliphatic heterocycles. The third kappa shape index (κ3) is 4.65. The molecule has 0 aromatic rings. The van der Waals surface area contributed by atoms with E-state index in [0.29, 0.717) is 11.5 Å². The number of rotatable bonds is 4. The van der Waals surface area contributed by atoms with E-state index in [0.717, 1.165) is 12.8 Å². The Morgan fingerprint density at radius 3 is 2.67 bits per heavy atom. The van der Waals surface area contributed by atoms with Crippen LogP contribution in [0.15, 0.2) is 0 Å². The van der Waals surface area contributed by atoms with Crippen molar-refractivity contribution in [1.29, 1.82) is 0 Å². The summed E-state index contributed by atoms with van der Waals surface area (Å²) < 4.78 is 5.25. The Morgan fingerprint density at radius 1 is 1.53 bits per heavy atom. The Morgan fingerprint density at radius 2 is 2.20 bits per heavy atom. The summed E-state index contributed by atoms with van der Waals surface area (Å²) in [6, 6.07) is 0.350. The Labute approximate surface area is 92.6 Å². The van der Waals surface area contributed by atoms with Gasteiger partial charge in [-0.2, -0.15) is 0 Å². The van der Waals surface area contributed by atoms with Gasteiger partial charge in [-0.1, -0.05) is 13.8 Å². The first-order valence-electron chi connectivity index (χ1n) is 5.80. The molecule has 1 fully saturated rings. The minimum atomic E-state index is 0.0198. The fraction of sp³-hybridized carbons (Fsp3) is 0.917. The Balaban J connectivity index is 2.22. The van der Waals surface area contributed by atoms with E-state index in [2.05, 4.69) is 19.2 Å². The predicted octanol–water partition coefficient (Wildman–Crippen LogP) is 2.11. The molecule has 0 aromatic carbocycles. The van der Waals surface area contributed by atoms with Crippen LogP contribution in [-0.2, 0) is 9.53 Å². The van der Waals surface area contributed by atoms with Crippen LogP contribution in [0.5, 0.6) is 0 Å². The van der Waals surface area contributed by atoms with Gasteiger partial charge in [0, 0.05) is 6.04 Å². The molecule has 3 nitrogen and oxygen atoms in total. The summed E-state index contributed by atoms with van der Waals surface area (Å²) in [6.45, 7) is 8.57. The van der Waals surface area contributed by atoms with E-state index in [1.54, 1.807) is 0 Å². The van der Waals surface area contributed by atoms with Crippen LogP contribution in [0.1, 0.15) is 47.0 Å². The van der Waals surface area contributed by atoms with Crippen molar-refractivity contribution in [3.8, 4) is 0 Å². The number of carbonyl (C=O) groups is 1. The van der Waals surface area contributed by atoms with Crippen molar-refractivity contribution in [2.75, 3.05) is 6.61 Å². The zero-order valence-electron chi connectivity index (χ0n) is 10.3. The summed E-state index contributed by atoms with van der Waals surface area (Å²) in [5, 5.41) is 3.03. The zero-order valence-corrected chi connectivity index (χ0v) is 10.3. The van der Waals surface area contributed by atoms with Crippen LogP contribution < -0.4 is 5.32 Å². The van der Waals surface area contributed by atoms with Gasteiger partial charge in [-0.15, -0.1) is 0 Å². The zero-order chi connectivity index (χ0) is 11.5. The van der Waals surface area contributed by atoms with Crippen molar-refractivity contribution >= 4 is 5.91 Å². The van der Waals surface area contributed by atoms with Gasteiger partial charge < -0.3 is 10.1 Å². The molecule has 0 bridgehead atoms. The highest BCUT2D eigenvalue weighted by atomic mass is 16.5. The summed E-state index contributed by atoms with van der Waals surface area (Å²) in [5.41, 5.74) is 0.386. The first kappa shape index (κ1) is 12.5. The molecule has 3 heteroatoms. The van der Waals surface area contributed by atoms with Crippen LogP contribution in [0.25, 0.3) is 0 Å². The molecule has 0 heterocycles. The maximum Gasteiger partial charge on any atom is 0.246 e. The molecule has 1 aliphatic carbocycles. The fourth-order valence-electron chi connectivity index (χ4n) is 2.07. The lowest BCUT2D eigenvalue weighted by Gasteiger charge is -2.18. The van der Waals surface area contributed by atoms with Crippen LogP contribution in [0.4, 0.5) is 0 Å². The Hall–Kier alpha value is -0.570. The topological polar surface area (TPSA) is 38.3 Å². The molecule has 0 radical (unpaired) electrons. The standard InChI is InChI=1S/C12H23NO2/c1-9(2)15-8-11(14)13-10-5-6-12(3,4)7-10/h9-10H,5-8H2,1-4H3,(H,13,14). The third-order valence-corrected chi connectivity index (χ3v) is 2.88. The van der Waals surface area contributed by atoms with Gasteiger partial charge in [0.2, 0.25) is 5.91 Å². The highest BCUT2D eigenvalue weighted by Crippen LogP contribution is 2.36. The van der Waals surface area contributed by atoms with Crippen LogP contribution in [0.3, 0.4) is 0 Å². The lowest BCUT2D eigenvalue weighted by Crippen LogP contribution is -2.36. The first-order chi connectivity index (χ1) is 6.89. The molecule has 0 saturated heterocycles. The number of ether oxygens (including phenoxy) is 1. The van der Waals surface area contributed by atoms with Crippen LogP contribution >= 0.6 is 0 Å². The molecule has 0 aromatic heterocycles. The summed E-state index contributed by atoms with van der Waals surface area (Å²) in [7, 11) is 0. The SMILES string of the molecule is CC(C)OCC(=O)NC1CCC(C)(C)C1. The monoisotopic (exact) mass is 213 g/mol. The second-order valence-corrected chi connectivity index (χ2v) is 5.53. The average molecular weight is 213 g/mol. The van der Waals surface area contributed by atoms with Crippen LogP contribution in [0, 0.1) is 5.41 Å². The van der Waals surface area contributed by atoms with E-state index in [1.807, 2.05) is 13.8 Å². The largest absolute Gasteiger partial charge is 0.369 e. The van der Waals surface area contributed by atoms with Gasteiger partial charge in [0.25, 0.3) is 0 Å². The minimum Gasteiger partial charge on any atom is -0.369 e. The molecule has 1 atom stereocenters. The van der Waals surface area contributed by atoms with Gasteiger partial charge in [-0.3, -0.25) is 4.79 Å². The van der Waals surface area contributed by atoms with Crippen molar-refractivity contribution in [1.82, 2.24) is 5.32 Å². The molecule has 1 saturated carbocycles. The first-order valence-corrected chi connectivity index (χ1v) is 5.80. The average Bonchev–Trinajstić information content (AvgIpc) is 2.42. The number of carbonyl (C=O) groups excluding carboxylic acids is 1. The summed E-state index contributed by atoms with van der Waals surface area (Å²) >= 11 is 0. The van der Waals surface area contributed by atoms with Crippen molar-refractivity contribution in [2.45, 2.75) is 59.1 Å². The van der Waals surface area contributed by atoms with Crippen molar-refractivity contribution in [3.63, 3.8) is 0 Å². The van der Waals surface area contributed by atoms with E-state index in [4.69, 9.17) is 4.74 Å². The Bertz CT molecular complexity index is 224. The number of nitrogens with one attached hydrogen (secondary N) is 1. The molecule has 88 valence electrons. The molecule has 0 spiro atoms. The number of hydrogen-bond acceptors (Lipinski definition) is 2. The van der Waals surface area contributed by atoms with Gasteiger partial charge in [-0.25, -0.2) is 0 Å². The highest BCUT2D eigenvalue weighted by molar-refractivity contribution is 5.77. The van der Waals surface area contributed by atoms with Gasteiger partial charge in [-0.05, 0) is 38.5 Å². The summed E-state index contributed by atoms with van der Waals surface area (Å²) in [4.78, 5) is 11.5. The quantitative estimate of drug-likeness (QED) is 0.776. The van der Waals surface area contributed by atoms with Gasteiger partial charge in [0.15, 0.2) is 0 Å². The second-order valence-electron chi connectivity index (χ2n) is 5.53. The van der Waals surface area contributed by atoms with Gasteiger partial charge in [0.05, 0.1) is 6.10 Å². The smallest absolute Gasteiger partial charge is 0.246 e. The normalized spacial score (nSPS) is 24.5. The van der Waals surface area contributed by atoms with Crippen LogP contribution in [-0.4, -0.2) is 24.7 Å². The van der Waals surface area contributed by atoms with Gasteiger partial charge in [0.1, 0.15) is 6.61 Å². The summed E-state index contributed by atoms with van der Waals surface area (Å²) in [6.07, 6.45) is 3.50. The fourth-order valence-corrected chi connectivity index (χ4v) is 2.07. The van der Waals surface area contributed by atoms with E-state index >= 15 is 0 Å². The second kappa shape index (κ2) is 4.97.